The number of halogens is 5. The van der Waals surface area contributed by atoms with E-state index < -0.39 is 217 Å². The highest BCUT2D eigenvalue weighted by Gasteiger charge is 2.60. The highest BCUT2D eigenvalue weighted by Crippen LogP contribution is 2.50. The van der Waals surface area contributed by atoms with Gasteiger partial charge in [0.2, 0.25) is 70.9 Å². The fourth-order valence-electron chi connectivity index (χ4n) is 17.4. The molecule has 0 aromatic carbocycles. The quantitative estimate of drug-likeness (QED) is 0.119. The molecule has 7 fully saturated rings. The molecule has 5 aliphatic carbocycles. The Labute approximate surface area is 628 Å². The van der Waals surface area contributed by atoms with Crippen molar-refractivity contribution in [1.82, 2.24) is 60.0 Å². The van der Waals surface area contributed by atoms with E-state index >= 15 is 42.3 Å². The van der Waals surface area contributed by atoms with Crippen LogP contribution in [-0.4, -0.2) is 282 Å². The number of fused-ring (bicyclic) bond motifs is 3. The monoisotopic (exact) mass is 1520 g/mol. The second-order valence-corrected chi connectivity index (χ2v) is 33.6. The first-order valence-electron chi connectivity index (χ1n) is 39.2. The van der Waals surface area contributed by atoms with Crippen LogP contribution in [0.4, 0.5) is 22.0 Å². The molecule has 107 heavy (non-hydrogen) atoms. The molecule has 2 bridgehead atoms. The summed E-state index contributed by atoms with van der Waals surface area (Å²) in [6, 6.07) is -10.9. The molecule has 3 heterocycles. The summed E-state index contributed by atoms with van der Waals surface area (Å²) in [5.74, 6) is -12.4. The lowest BCUT2D eigenvalue weighted by molar-refractivity contribution is -0.219. The van der Waals surface area contributed by atoms with E-state index in [0.717, 1.165) is 48.3 Å². The number of nitrogens with zero attached hydrogens (tertiary/aromatic N) is 9. The van der Waals surface area contributed by atoms with Crippen molar-refractivity contribution in [3.05, 3.63) is 12.2 Å². The van der Waals surface area contributed by atoms with E-state index in [9.17, 15) is 37.1 Å². The zero-order chi connectivity index (χ0) is 79.1. The van der Waals surface area contributed by atoms with E-state index in [1.165, 1.54) is 83.6 Å². The van der Waals surface area contributed by atoms with Gasteiger partial charge >= 0.3 is 6.18 Å². The molecule has 3 aliphatic heterocycles. The summed E-state index contributed by atoms with van der Waals surface area (Å²) in [7, 11) is 9.96. The molecule has 3 N–H and O–H groups in total. The van der Waals surface area contributed by atoms with Crippen LogP contribution >= 0.6 is 0 Å². The lowest BCUT2D eigenvalue weighted by atomic mass is 9.58. The third-order valence-electron chi connectivity index (χ3n) is 24.3. The smallest absolute Gasteiger partial charge is 0.377 e. The summed E-state index contributed by atoms with van der Waals surface area (Å²) in [6.45, 7) is 11.8. The normalized spacial score (nSPS) is 32.9. The summed E-state index contributed by atoms with van der Waals surface area (Å²) in [5.41, 5.74) is -2.27. The van der Waals surface area contributed by atoms with E-state index in [1.807, 2.05) is 33.8 Å². The molecular formula is C77H121F5N12O13. The number of hydrogen-bond donors (Lipinski definition) is 3. The van der Waals surface area contributed by atoms with Crippen molar-refractivity contribution in [3.8, 4) is 0 Å². The predicted molar refractivity (Wildman–Crippen MR) is 388 cm³/mol. The molecule has 8 aliphatic rings. The Morgan fingerprint density at radius 3 is 1.82 bits per heavy atom. The van der Waals surface area contributed by atoms with Gasteiger partial charge in [0.25, 0.3) is 0 Å². The van der Waals surface area contributed by atoms with Crippen LogP contribution in [-0.2, 0) is 62.3 Å². The number of amides is 12. The molecule has 5 saturated carbocycles. The summed E-state index contributed by atoms with van der Waals surface area (Å²) in [5, 5.41) is 8.70. The van der Waals surface area contributed by atoms with E-state index in [0.29, 0.717) is 38.0 Å². The van der Waals surface area contributed by atoms with E-state index in [1.54, 1.807) is 19.9 Å². The number of nitrogens with one attached hydrogen (secondary N) is 3. The van der Waals surface area contributed by atoms with Crippen LogP contribution < -0.4 is 16.0 Å². The van der Waals surface area contributed by atoms with Gasteiger partial charge in [0.15, 0.2) is 0 Å². The summed E-state index contributed by atoms with van der Waals surface area (Å²) in [6.07, 6.45) is -2.98. The average molecular weight is 1520 g/mol. The number of carbonyl (C=O) groups excluding carboxylic acids is 12. The standard InChI is InChI=1S/C77H121F5N12O13/c1-15-21-55-66(98)84-65(46(5)16-2)73(105)93(50-30-31-50)42-63(97)89(12)56-22-19-18-20-33-92(72(56)104)60(37-47-25-23-45(4)24-26-47)70(102)87(10)41-61(95)83-54(32-29-49-34-52(78)64(53(79)35-49)77(80,81)82)68(100)94-40-51(107-17-3)38-57(94)67(99)85-76(43-75(6,7)44-76)74(106)91(14)58(36-48-27-28-48)71(103)90(13)59(69(101)86(8)9)39-62(96)88(55)11/h18-19,45-60,64-65H,15-17,20-44H2,1-14H3,(H,83,95)(H,84,98)(H,85,99)/b19-18-/t45?,46-,47?,49?,51+,52?,53?,54-,55-,56-,57-,58-,59-,60-,64?,65-/m0/s1. The Bertz CT molecular complexity index is 3230. The zero-order valence-electron chi connectivity index (χ0n) is 65.6. The minimum absolute atomic E-state index is 0.0210. The van der Waals surface area contributed by atoms with Gasteiger partial charge in [0, 0.05) is 81.5 Å². The van der Waals surface area contributed by atoms with Crippen molar-refractivity contribution < 1.29 is 84.2 Å². The third-order valence-corrected chi connectivity index (χ3v) is 24.3. The van der Waals surface area contributed by atoms with Crippen LogP contribution in [0, 0.1) is 40.9 Å². The highest BCUT2D eigenvalue weighted by atomic mass is 19.4. The van der Waals surface area contributed by atoms with Crippen LogP contribution in [0.3, 0.4) is 0 Å². The maximum atomic E-state index is 15.7. The van der Waals surface area contributed by atoms with Crippen molar-refractivity contribution in [3.63, 3.8) is 0 Å². The van der Waals surface area contributed by atoms with E-state index in [-0.39, 0.29) is 82.9 Å². The van der Waals surface area contributed by atoms with Gasteiger partial charge < -0.3 is 64.8 Å². The summed E-state index contributed by atoms with van der Waals surface area (Å²) >= 11 is 0. The van der Waals surface area contributed by atoms with Gasteiger partial charge in [-0.15, -0.1) is 0 Å². The van der Waals surface area contributed by atoms with Crippen LogP contribution in [0.2, 0.25) is 0 Å². The van der Waals surface area contributed by atoms with Crippen LogP contribution in [0.5, 0.6) is 0 Å². The average Bonchev–Trinajstić information content (AvgIpc) is 1.71. The molecule has 2 unspecified atom stereocenters. The van der Waals surface area contributed by atoms with Crippen molar-refractivity contribution in [2.24, 2.45) is 40.9 Å². The second kappa shape index (κ2) is 36.2. The molecule has 12 amide bonds. The number of ether oxygens (including phenoxy) is 1. The minimum Gasteiger partial charge on any atom is -0.377 e. The lowest BCUT2D eigenvalue weighted by Gasteiger charge is -2.54. The Kier molecular flexibility index (Phi) is 29.0. The molecule has 25 nitrogen and oxygen atoms in total. The van der Waals surface area contributed by atoms with Gasteiger partial charge in [-0.3, -0.25) is 57.5 Å². The first kappa shape index (κ1) is 85.6. The topological polar surface area (TPSA) is 279 Å². The van der Waals surface area contributed by atoms with Gasteiger partial charge in [-0.25, -0.2) is 8.78 Å². The molecule has 602 valence electrons. The predicted octanol–water partition coefficient (Wildman–Crippen LogP) is 6.34. The maximum absolute atomic E-state index is 15.7. The fraction of sp³-hybridized carbons (Fsp3) is 0.818. The van der Waals surface area contributed by atoms with Gasteiger partial charge in [0.05, 0.1) is 19.1 Å². The molecule has 1 spiro atoms. The Morgan fingerprint density at radius 1 is 0.645 bits per heavy atom. The SMILES string of the molecule is CCC[C@H]1C(=O)N[C@@H]([C@@H](C)CC)C(=O)N(C2CC2)CC(=O)N(C)[C@H]2C/C=C\CCN(C2=O)[C@@H](CC2CCC(C)CC2)C(=O)N(C)CC(=O)N[C@@H](CCC2CC(F)C(C(F)(F)F)C(F)C2)C(=O)N2C[C@H](OCC)C[C@H]2C(=O)NC2(CC(C)(C)C2)C(=O)N(C)[C@@H](CC2CC2)C(=O)N(C)[C@H](C(=O)N(C)C)CC(=O)N1C. The Morgan fingerprint density at radius 2 is 1.26 bits per heavy atom. The molecule has 0 aromatic rings. The van der Waals surface area contributed by atoms with Crippen molar-refractivity contribution >= 4 is 70.9 Å². The largest absolute Gasteiger partial charge is 0.397 e. The van der Waals surface area contributed by atoms with E-state index in [2.05, 4.69) is 22.9 Å². The molecular weight excluding hydrogens is 1400 g/mol. The first-order chi connectivity index (χ1) is 50.3. The van der Waals surface area contributed by atoms with Crippen molar-refractivity contribution in [2.45, 2.75) is 281 Å². The highest BCUT2D eigenvalue weighted by molar-refractivity contribution is 6.01. The number of likely N-dealkylation sites (N-methyl/N-ethyl adjacent to an activating group) is 6. The Hall–Kier alpha value is -7.01. The van der Waals surface area contributed by atoms with Gasteiger partial charge in [-0.2, -0.15) is 13.2 Å². The number of carbonyl (C=O) groups is 12. The summed E-state index contributed by atoms with van der Waals surface area (Å²) in [4.78, 5) is 194. The molecule has 0 aromatic heterocycles. The number of alkyl halides is 5. The first-order valence-corrected chi connectivity index (χ1v) is 39.2. The summed E-state index contributed by atoms with van der Waals surface area (Å²) < 4.78 is 79.1. The lowest BCUT2D eigenvalue weighted by Crippen LogP contribution is -2.71. The van der Waals surface area contributed by atoms with Gasteiger partial charge in [-0.1, -0.05) is 105 Å². The van der Waals surface area contributed by atoms with Crippen LogP contribution in [0.25, 0.3) is 0 Å². The number of rotatable bonds is 15. The molecule has 12 atom stereocenters. The third kappa shape index (κ3) is 20.9. The fourth-order valence-corrected chi connectivity index (χ4v) is 17.4. The van der Waals surface area contributed by atoms with Crippen LogP contribution in [0.15, 0.2) is 12.2 Å². The zero-order valence-corrected chi connectivity index (χ0v) is 65.6. The van der Waals surface area contributed by atoms with Crippen LogP contribution in [0.1, 0.15) is 196 Å². The number of hydrogen-bond acceptors (Lipinski definition) is 13. The van der Waals surface area contributed by atoms with E-state index in [4.69, 9.17) is 4.74 Å². The van der Waals surface area contributed by atoms with Gasteiger partial charge in [0.1, 0.15) is 78.7 Å². The Balaban J connectivity index is 1.21. The molecule has 0 radical (unpaired) electrons. The van der Waals surface area contributed by atoms with Gasteiger partial charge in [-0.05, 0) is 125 Å². The molecule has 30 heteroatoms. The minimum atomic E-state index is -5.18. The second-order valence-electron chi connectivity index (χ2n) is 33.6. The van der Waals surface area contributed by atoms with Crippen molar-refractivity contribution in [1.29, 1.82) is 0 Å². The van der Waals surface area contributed by atoms with Crippen molar-refractivity contribution in [2.75, 3.05) is 82.1 Å². The maximum Gasteiger partial charge on any atom is 0.397 e. The molecule has 8 rings (SSSR count). The molecule has 2 saturated heterocycles.